The molecule has 0 saturated heterocycles. The van der Waals surface area contributed by atoms with E-state index in [1.165, 1.54) is 12.4 Å². The summed E-state index contributed by atoms with van der Waals surface area (Å²) in [5, 5.41) is 11.1. The summed E-state index contributed by atoms with van der Waals surface area (Å²) in [5.74, 6) is 0.226. The molecule has 0 unspecified atom stereocenters. The summed E-state index contributed by atoms with van der Waals surface area (Å²) in [7, 11) is 0. The maximum atomic E-state index is 12.1. The number of nitrogens with one attached hydrogen (secondary N) is 1. The Morgan fingerprint density at radius 2 is 1.96 bits per heavy atom. The van der Waals surface area contributed by atoms with E-state index in [1.54, 1.807) is 30.3 Å². The molecule has 0 radical (unpaired) electrons. The number of hydrogen-bond acceptors (Lipinski definition) is 4. The molecule has 25 heavy (non-hydrogen) atoms. The Morgan fingerprint density at radius 3 is 2.68 bits per heavy atom. The van der Waals surface area contributed by atoms with Crippen molar-refractivity contribution in [2.45, 2.75) is 6.61 Å². The van der Waals surface area contributed by atoms with Gasteiger partial charge in [-0.05, 0) is 42.0 Å². The second-order valence-corrected chi connectivity index (χ2v) is 5.99. The monoisotopic (exact) mass is 373 g/mol. The van der Waals surface area contributed by atoms with Crippen LogP contribution < -0.4 is 10.1 Å². The normalized spacial score (nSPS) is 10.3. The van der Waals surface area contributed by atoms with Crippen LogP contribution in [0.5, 0.6) is 5.75 Å². The van der Waals surface area contributed by atoms with E-state index in [-0.39, 0.29) is 5.91 Å². The molecule has 1 N–H and O–H groups in total. The molecule has 0 aliphatic rings. The number of benzene rings is 2. The lowest BCUT2D eigenvalue weighted by molar-refractivity contribution is 0.102. The van der Waals surface area contributed by atoms with Crippen molar-refractivity contribution in [2.75, 3.05) is 5.32 Å². The van der Waals surface area contributed by atoms with Crippen molar-refractivity contribution < 1.29 is 9.53 Å². The minimum atomic E-state index is -0.293. The molecule has 3 aromatic rings. The molecule has 1 amide bonds. The highest BCUT2D eigenvalue weighted by atomic mass is 35.5. The summed E-state index contributed by atoms with van der Waals surface area (Å²) in [5.41, 5.74) is 1.90. The van der Waals surface area contributed by atoms with Gasteiger partial charge in [-0.3, -0.25) is 4.79 Å². The zero-order chi connectivity index (χ0) is 17.6. The van der Waals surface area contributed by atoms with E-state index in [0.29, 0.717) is 33.7 Å². The molecular formula is C18H13Cl2N3O2. The van der Waals surface area contributed by atoms with Crippen molar-refractivity contribution in [1.29, 1.82) is 0 Å². The van der Waals surface area contributed by atoms with Crippen molar-refractivity contribution in [3.8, 4) is 5.75 Å². The smallest absolute Gasteiger partial charge is 0.257 e. The van der Waals surface area contributed by atoms with Crippen LogP contribution in [0.2, 0.25) is 10.0 Å². The molecule has 1 aromatic heterocycles. The van der Waals surface area contributed by atoms with Crippen LogP contribution in [-0.2, 0) is 6.61 Å². The van der Waals surface area contributed by atoms with Gasteiger partial charge in [-0.15, -0.1) is 0 Å². The van der Waals surface area contributed by atoms with Crippen LogP contribution in [0, 0.1) is 0 Å². The van der Waals surface area contributed by atoms with E-state index in [4.69, 9.17) is 27.9 Å². The van der Waals surface area contributed by atoms with Gasteiger partial charge in [0.15, 0.2) is 0 Å². The number of nitrogens with zero attached hydrogens (tertiary/aromatic N) is 2. The van der Waals surface area contributed by atoms with E-state index < -0.39 is 0 Å². The number of amides is 1. The minimum Gasteiger partial charge on any atom is -0.487 e. The predicted molar refractivity (Wildman–Crippen MR) is 97.2 cm³/mol. The van der Waals surface area contributed by atoms with Gasteiger partial charge >= 0.3 is 0 Å². The fraction of sp³-hybridized carbons (Fsp3) is 0.0556. The lowest BCUT2D eigenvalue weighted by Gasteiger charge is -2.11. The molecule has 7 heteroatoms. The average Bonchev–Trinajstić information content (AvgIpc) is 2.62. The van der Waals surface area contributed by atoms with Gasteiger partial charge in [0.2, 0.25) is 0 Å². The molecular weight excluding hydrogens is 361 g/mol. The van der Waals surface area contributed by atoms with Crippen LogP contribution >= 0.6 is 23.2 Å². The zero-order valence-electron chi connectivity index (χ0n) is 12.9. The first-order valence-electron chi connectivity index (χ1n) is 7.36. The Balaban J connectivity index is 1.65. The molecule has 2 aromatic carbocycles. The van der Waals surface area contributed by atoms with Crippen molar-refractivity contribution in [3.63, 3.8) is 0 Å². The second-order valence-electron chi connectivity index (χ2n) is 5.15. The lowest BCUT2D eigenvalue weighted by Crippen LogP contribution is -2.12. The van der Waals surface area contributed by atoms with Gasteiger partial charge in [0.25, 0.3) is 5.91 Å². The van der Waals surface area contributed by atoms with Gasteiger partial charge in [-0.2, -0.15) is 10.2 Å². The highest BCUT2D eigenvalue weighted by molar-refractivity contribution is 6.32. The first kappa shape index (κ1) is 17.2. The Kier molecular flexibility index (Phi) is 5.48. The SMILES string of the molecule is O=C(Nc1ccc(OCc2cccc(Cl)c2)c(Cl)c1)c1ccnnc1. The maximum absolute atomic E-state index is 12.1. The predicted octanol–water partition coefficient (Wildman–Crippen LogP) is 4.61. The molecule has 0 saturated carbocycles. The van der Waals surface area contributed by atoms with Crippen molar-refractivity contribution in [3.05, 3.63) is 82.1 Å². The summed E-state index contributed by atoms with van der Waals surface area (Å²) in [6.45, 7) is 0.342. The van der Waals surface area contributed by atoms with E-state index >= 15 is 0 Å². The molecule has 3 rings (SSSR count). The summed E-state index contributed by atoms with van der Waals surface area (Å²) in [6.07, 6.45) is 2.84. The van der Waals surface area contributed by atoms with Gasteiger partial charge in [-0.25, -0.2) is 0 Å². The number of anilines is 1. The molecule has 0 fully saturated rings. The zero-order valence-corrected chi connectivity index (χ0v) is 14.5. The summed E-state index contributed by atoms with van der Waals surface area (Å²) >= 11 is 12.2. The standard InChI is InChI=1S/C18H13Cl2N3O2/c19-14-3-1-2-12(8-14)11-25-17-5-4-15(9-16(17)20)23-18(24)13-6-7-21-22-10-13/h1-10H,11H2,(H,23,24). The number of ether oxygens (including phenoxy) is 1. The molecule has 0 aliphatic heterocycles. The van der Waals surface area contributed by atoms with Crippen LogP contribution in [0.25, 0.3) is 0 Å². The van der Waals surface area contributed by atoms with Crippen LogP contribution in [0.3, 0.4) is 0 Å². The number of carbonyl (C=O) groups is 1. The van der Waals surface area contributed by atoms with Crippen LogP contribution in [0.15, 0.2) is 60.9 Å². The van der Waals surface area contributed by atoms with Crippen molar-refractivity contribution >= 4 is 34.8 Å². The topological polar surface area (TPSA) is 64.1 Å². The fourth-order valence-electron chi connectivity index (χ4n) is 2.11. The fourth-order valence-corrected chi connectivity index (χ4v) is 2.56. The van der Waals surface area contributed by atoms with E-state index in [2.05, 4.69) is 15.5 Å². The highest BCUT2D eigenvalue weighted by Gasteiger charge is 2.09. The lowest BCUT2D eigenvalue weighted by atomic mass is 10.2. The second kappa shape index (κ2) is 7.96. The molecule has 0 bridgehead atoms. The van der Waals surface area contributed by atoms with Crippen LogP contribution in [0.1, 0.15) is 15.9 Å². The van der Waals surface area contributed by atoms with Gasteiger partial charge in [0.1, 0.15) is 12.4 Å². The summed E-state index contributed by atoms with van der Waals surface area (Å²) in [4.78, 5) is 12.1. The third-order valence-electron chi connectivity index (χ3n) is 3.32. The molecule has 0 aliphatic carbocycles. The minimum absolute atomic E-state index is 0.293. The Labute approximate surface area is 154 Å². The van der Waals surface area contributed by atoms with Gasteiger partial charge in [-0.1, -0.05) is 35.3 Å². The average molecular weight is 374 g/mol. The Morgan fingerprint density at radius 1 is 1.08 bits per heavy atom. The van der Waals surface area contributed by atoms with Gasteiger partial charge < -0.3 is 10.1 Å². The molecule has 1 heterocycles. The van der Waals surface area contributed by atoms with E-state index in [9.17, 15) is 4.79 Å². The van der Waals surface area contributed by atoms with E-state index in [0.717, 1.165) is 5.56 Å². The van der Waals surface area contributed by atoms with Crippen LogP contribution in [-0.4, -0.2) is 16.1 Å². The number of carbonyl (C=O) groups excluding carboxylic acids is 1. The first-order chi connectivity index (χ1) is 12.1. The number of halogens is 2. The van der Waals surface area contributed by atoms with E-state index in [1.807, 2.05) is 18.2 Å². The summed E-state index contributed by atoms with van der Waals surface area (Å²) < 4.78 is 5.70. The molecule has 0 spiro atoms. The van der Waals surface area contributed by atoms with Crippen molar-refractivity contribution in [1.82, 2.24) is 10.2 Å². The third kappa shape index (κ3) is 4.68. The highest BCUT2D eigenvalue weighted by Crippen LogP contribution is 2.28. The quantitative estimate of drug-likeness (QED) is 0.708. The Bertz CT molecular complexity index is 888. The summed E-state index contributed by atoms with van der Waals surface area (Å²) in [6, 6.07) is 14.0. The van der Waals surface area contributed by atoms with Gasteiger partial charge in [0, 0.05) is 10.7 Å². The molecule has 0 atom stereocenters. The maximum Gasteiger partial charge on any atom is 0.257 e. The molecule has 5 nitrogen and oxygen atoms in total. The Hall–Kier alpha value is -2.63. The molecule has 126 valence electrons. The largest absolute Gasteiger partial charge is 0.487 e. The number of rotatable bonds is 5. The third-order valence-corrected chi connectivity index (χ3v) is 3.85. The van der Waals surface area contributed by atoms with Crippen molar-refractivity contribution in [2.24, 2.45) is 0 Å². The number of hydrogen-bond donors (Lipinski definition) is 1. The number of aromatic nitrogens is 2. The van der Waals surface area contributed by atoms with Crippen LogP contribution in [0.4, 0.5) is 5.69 Å². The van der Waals surface area contributed by atoms with Gasteiger partial charge in [0.05, 0.1) is 23.0 Å². The first-order valence-corrected chi connectivity index (χ1v) is 8.12.